The molecule has 5 heteroatoms. The maximum atomic E-state index is 13.6. The highest BCUT2D eigenvalue weighted by Crippen LogP contribution is 2.28. The average molecular weight is 514 g/mol. The fourth-order valence-electron chi connectivity index (χ4n) is 4.39. The van der Waals surface area contributed by atoms with Crippen molar-refractivity contribution in [3.8, 4) is 0 Å². The van der Waals surface area contributed by atoms with E-state index in [1.165, 1.54) is 15.4 Å². The van der Waals surface area contributed by atoms with Gasteiger partial charge in [-0.1, -0.05) is 93.9 Å². The third-order valence-corrected chi connectivity index (χ3v) is 8.63. The number of piperidine rings is 1. The summed E-state index contributed by atoms with van der Waals surface area (Å²) in [6.07, 6.45) is 3.64. The van der Waals surface area contributed by atoms with E-state index in [0.717, 1.165) is 16.7 Å². The highest BCUT2D eigenvalue weighted by Gasteiger charge is 2.34. The van der Waals surface area contributed by atoms with Gasteiger partial charge in [-0.3, -0.25) is 4.79 Å². The van der Waals surface area contributed by atoms with Crippen LogP contribution in [0.25, 0.3) is 12.2 Å². The second-order valence-corrected chi connectivity index (χ2v) is 12.3. The molecular weight excluding hydrogens is 478 g/mol. The van der Waals surface area contributed by atoms with Crippen LogP contribution in [0.4, 0.5) is 0 Å². The number of Topliss-reactive ketones (excluding diaryl/α,β-unsaturated/α-hetero) is 1. The minimum Gasteiger partial charge on any atom is -0.289 e. The van der Waals surface area contributed by atoms with E-state index in [2.05, 4.69) is 52.0 Å². The number of nitrogens with zero attached hydrogens (tertiary/aromatic N) is 1. The minimum absolute atomic E-state index is 0.0323. The van der Waals surface area contributed by atoms with Crippen molar-refractivity contribution in [2.45, 2.75) is 51.3 Å². The van der Waals surface area contributed by atoms with Crippen molar-refractivity contribution in [3.63, 3.8) is 0 Å². The topological polar surface area (TPSA) is 54.5 Å². The largest absolute Gasteiger partial charge is 0.289 e. The summed E-state index contributed by atoms with van der Waals surface area (Å²) in [5, 5.41) is 0. The van der Waals surface area contributed by atoms with Crippen molar-refractivity contribution in [2.75, 3.05) is 13.1 Å². The lowest BCUT2D eigenvalue weighted by atomic mass is 9.94. The van der Waals surface area contributed by atoms with Gasteiger partial charge in [0.1, 0.15) is 0 Å². The van der Waals surface area contributed by atoms with E-state index in [4.69, 9.17) is 0 Å². The number of carbonyl (C=O) groups is 1. The number of rotatable bonds is 6. The third-order valence-electron chi connectivity index (χ3n) is 6.82. The normalized spacial score (nSPS) is 17.3. The Morgan fingerprint density at radius 1 is 0.676 bits per heavy atom. The quantitative estimate of drug-likeness (QED) is 0.334. The molecule has 4 rings (SSSR count). The SMILES string of the molecule is Cc1ccc(S(=O)(=O)N2C/C(=C/c3ccc(C(C)C)cc3)C(=O)/C(=C/c3ccc(C(C)C)cc3)C2)cc1. The highest BCUT2D eigenvalue weighted by molar-refractivity contribution is 7.89. The van der Waals surface area contributed by atoms with Crippen LogP contribution in [-0.2, 0) is 14.8 Å². The summed E-state index contributed by atoms with van der Waals surface area (Å²) in [7, 11) is -3.79. The molecule has 3 aromatic rings. The molecule has 1 fully saturated rings. The first-order chi connectivity index (χ1) is 17.5. The molecule has 0 aliphatic carbocycles. The Morgan fingerprint density at radius 2 is 1.08 bits per heavy atom. The van der Waals surface area contributed by atoms with Gasteiger partial charge in [0, 0.05) is 24.2 Å². The van der Waals surface area contributed by atoms with E-state index < -0.39 is 10.0 Å². The minimum atomic E-state index is -3.79. The van der Waals surface area contributed by atoms with Crippen LogP contribution in [0.1, 0.15) is 67.3 Å². The Morgan fingerprint density at radius 3 is 1.46 bits per heavy atom. The summed E-state index contributed by atoms with van der Waals surface area (Å²) in [6.45, 7) is 10.5. The lowest BCUT2D eigenvalue weighted by Crippen LogP contribution is -2.41. The maximum absolute atomic E-state index is 13.6. The molecule has 0 atom stereocenters. The molecule has 4 nitrogen and oxygen atoms in total. The number of ketones is 1. The van der Waals surface area contributed by atoms with Crippen LogP contribution < -0.4 is 0 Å². The zero-order valence-corrected chi connectivity index (χ0v) is 23.0. The Labute approximate surface area is 221 Å². The molecule has 0 unspecified atom stereocenters. The van der Waals surface area contributed by atoms with Crippen LogP contribution in [0.3, 0.4) is 0 Å². The van der Waals surface area contributed by atoms with E-state index in [9.17, 15) is 13.2 Å². The standard InChI is InChI=1S/C32H35NO3S/c1-22(2)27-12-8-25(9-13-27)18-29-20-33(37(35,36)31-16-6-24(5)7-17-31)21-30(32(29)34)19-26-10-14-28(15-11-26)23(3)4/h6-19,22-23H,20-21H2,1-5H3/b29-18-,30-19+. The molecule has 1 heterocycles. The Bertz CT molecular complexity index is 1350. The number of hydrogen-bond donors (Lipinski definition) is 0. The molecule has 1 saturated heterocycles. The molecule has 0 amide bonds. The molecular formula is C32H35NO3S. The molecule has 0 saturated carbocycles. The van der Waals surface area contributed by atoms with Gasteiger partial charge < -0.3 is 0 Å². The van der Waals surface area contributed by atoms with Gasteiger partial charge in [-0.25, -0.2) is 8.42 Å². The summed E-state index contributed by atoms with van der Waals surface area (Å²) >= 11 is 0. The van der Waals surface area contributed by atoms with E-state index in [1.807, 2.05) is 43.3 Å². The van der Waals surface area contributed by atoms with Crippen molar-refractivity contribution >= 4 is 28.0 Å². The highest BCUT2D eigenvalue weighted by atomic mass is 32.2. The molecule has 0 radical (unpaired) electrons. The summed E-state index contributed by atoms with van der Waals surface area (Å²) in [4.78, 5) is 13.8. The predicted octanol–water partition coefficient (Wildman–Crippen LogP) is 6.98. The molecule has 0 spiro atoms. The maximum Gasteiger partial charge on any atom is 0.243 e. The molecule has 0 aromatic heterocycles. The molecule has 0 bridgehead atoms. The van der Waals surface area contributed by atoms with Crippen LogP contribution in [0.15, 0.2) is 88.8 Å². The van der Waals surface area contributed by atoms with Crippen molar-refractivity contribution in [1.29, 1.82) is 0 Å². The average Bonchev–Trinajstić information content (AvgIpc) is 2.87. The molecule has 37 heavy (non-hydrogen) atoms. The molecule has 192 valence electrons. The van der Waals surface area contributed by atoms with Gasteiger partial charge in [0.15, 0.2) is 5.78 Å². The van der Waals surface area contributed by atoms with E-state index in [-0.39, 0.29) is 23.8 Å². The summed E-state index contributed by atoms with van der Waals surface area (Å²) in [5.74, 6) is 0.700. The Hall–Kier alpha value is -3.28. The van der Waals surface area contributed by atoms with E-state index in [0.29, 0.717) is 23.0 Å². The molecule has 1 aliphatic rings. The third kappa shape index (κ3) is 6.17. The van der Waals surface area contributed by atoms with Gasteiger partial charge in [0.25, 0.3) is 0 Å². The van der Waals surface area contributed by atoms with Gasteiger partial charge in [-0.15, -0.1) is 0 Å². The van der Waals surface area contributed by atoms with Gasteiger partial charge in [-0.2, -0.15) is 4.31 Å². The fourth-order valence-corrected chi connectivity index (χ4v) is 5.79. The van der Waals surface area contributed by atoms with E-state index >= 15 is 0 Å². The zero-order valence-electron chi connectivity index (χ0n) is 22.2. The van der Waals surface area contributed by atoms with Gasteiger partial charge in [-0.05, 0) is 65.3 Å². The second-order valence-electron chi connectivity index (χ2n) is 10.4. The van der Waals surface area contributed by atoms with Crippen LogP contribution in [0, 0.1) is 6.92 Å². The molecule has 0 N–H and O–H groups in total. The Kier molecular flexibility index (Phi) is 7.96. The number of hydrogen-bond acceptors (Lipinski definition) is 3. The van der Waals surface area contributed by atoms with Crippen molar-refractivity contribution in [2.24, 2.45) is 0 Å². The second kappa shape index (κ2) is 11.0. The lowest BCUT2D eigenvalue weighted by molar-refractivity contribution is -0.113. The van der Waals surface area contributed by atoms with Crippen LogP contribution in [0.5, 0.6) is 0 Å². The zero-order chi connectivity index (χ0) is 26.7. The summed E-state index contributed by atoms with van der Waals surface area (Å²) < 4.78 is 28.6. The fraction of sp³-hybridized carbons (Fsp3) is 0.281. The first-order valence-electron chi connectivity index (χ1n) is 12.8. The van der Waals surface area contributed by atoms with Gasteiger partial charge in [0.2, 0.25) is 10.0 Å². The van der Waals surface area contributed by atoms with Crippen LogP contribution in [0.2, 0.25) is 0 Å². The Balaban J connectivity index is 1.75. The lowest BCUT2D eigenvalue weighted by Gasteiger charge is -2.29. The van der Waals surface area contributed by atoms with Crippen molar-refractivity contribution in [3.05, 3.63) is 112 Å². The first kappa shape index (κ1) is 26.8. The number of benzene rings is 3. The number of aryl methyl sites for hydroxylation is 1. The molecule has 1 aliphatic heterocycles. The van der Waals surface area contributed by atoms with Crippen molar-refractivity contribution in [1.82, 2.24) is 4.31 Å². The van der Waals surface area contributed by atoms with Gasteiger partial charge in [0.05, 0.1) is 4.90 Å². The summed E-state index contributed by atoms with van der Waals surface area (Å²) in [6, 6.07) is 23.0. The van der Waals surface area contributed by atoms with Crippen molar-refractivity contribution < 1.29 is 13.2 Å². The monoisotopic (exact) mass is 513 g/mol. The number of sulfonamides is 1. The van der Waals surface area contributed by atoms with Crippen LogP contribution in [-0.4, -0.2) is 31.6 Å². The van der Waals surface area contributed by atoms with Crippen LogP contribution >= 0.6 is 0 Å². The smallest absolute Gasteiger partial charge is 0.243 e. The first-order valence-corrected chi connectivity index (χ1v) is 14.2. The van der Waals surface area contributed by atoms with E-state index in [1.54, 1.807) is 24.3 Å². The van der Waals surface area contributed by atoms with Gasteiger partial charge >= 0.3 is 0 Å². The molecule has 3 aromatic carbocycles. The predicted molar refractivity (Wildman–Crippen MR) is 152 cm³/mol. The summed E-state index contributed by atoms with van der Waals surface area (Å²) in [5.41, 5.74) is 6.10. The number of carbonyl (C=O) groups excluding carboxylic acids is 1.